The number of fused-ring (bicyclic) bond motifs is 1. The number of para-hydroxylation sites is 1. The Morgan fingerprint density at radius 2 is 1.94 bits per heavy atom. The van der Waals surface area contributed by atoms with Crippen LogP contribution in [-0.2, 0) is 16.0 Å². The smallest absolute Gasteiger partial charge is 0.333 e. The zero-order valence-corrected chi connectivity index (χ0v) is 17.8. The Morgan fingerprint density at radius 1 is 1.16 bits per heavy atom. The lowest BCUT2D eigenvalue weighted by molar-refractivity contribution is -0.142. The molecule has 0 atom stereocenters. The van der Waals surface area contributed by atoms with Gasteiger partial charge in [-0.25, -0.2) is 14.3 Å². The third kappa shape index (κ3) is 4.35. The Bertz CT molecular complexity index is 1420. The molecule has 0 spiro atoms. The van der Waals surface area contributed by atoms with Crippen molar-refractivity contribution in [1.82, 2.24) is 14.5 Å². The number of aromatic amines is 1. The maximum Gasteiger partial charge on any atom is 0.333 e. The first-order valence-corrected chi connectivity index (χ1v) is 10.6. The molecule has 0 aliphatic heterocycles. The van der Waals surface area contributed by atoms with E-state index in [1.807, 2.05) is 0 Å². The largest absolute Gasteiger partial charge is 0.466 e. The Balaban J connectivity index is 1.59. The monoisotopic (exact) mass is 450 g/mol. The van der Waals surface area contributed by atoms with Crippen LogP contribution in [0.3, 0.4) is 0 Å². The number of anilines is 1. The van der Waals surface area contributed by atoms with Gasteiger partial charge in [0.1, 0.15) is 0 Å². The predicted octanol–water partition coefficient (Wildman–Crippen LogP) is 2.49. The van der Waals surface area contributed by atoms with Gasteiger partial charge < -0.3 is 9.72 Å². The Morgan fingerprint density at radius 3 is 2.69 bits per heavy atom. The summed E-state index contributed by atoms with van der Waals surface area (Å²) in [5.74, 6) is -0.854. The van der Waals surface area contributed by atoms with E-state index in [0.29, 0.717) is 16.5 Å². The number of H-pyrrole nitrogens is 1. The van der Waals surface area contributed by atoms with Crippen LogP contribution in [-0.4, -0.2) is 33.0 Å². The maximum atomic E-state index is 12.9. The summed E-state index contributed by atoms with van der Waals surface area (Å²) in [4.78, 5) is 56.4. The lowest BCUT2D eigenvalue weighted by atomic mass is 10.1. The van der Waals surface area contributed by atoms with Crippen LogP contribution >= 0.6 is 11.3 Å². The van der Waals surface area contributed by atoms with Crippen molar-refractivity contribution in [3.8, 4) is 5.69 Å². The number of rotatable bonds is 6. The molecule has 0 fully saturated rings. The molecular formula is C22H18N4O5S. The second-order valence-corrected chi connectivity index (χ2v) is 7.60. The van der Waals surface area contributed by atoms with E-state index in [4.69, 9.17) is 4.74 Å². The van der Waals surface area contributed by atoms with Gasteiger partial charge in [0.2, 0.25) is 0 Å². The average molecular weight is 450 g/mol. The molecule has 2 N–H and O–H groups in total. The summed E-state index contributed by atoms with van der Waals surface area (Å²) < 4.78 is 5.93. The number of ether oxygens (including phenoxy) is 1. The number of nitrogens with zero attached hydrogens (tertiary/aromatic N) is 2. The fraction of sp³-hybridized carbons (Fsp3) is 0.136. The van der Waals surface area contributed by atoms with Crippen molar-refractivity contribution in [3.63, 3.8) is 0 Å². The summed E-state index contributed by atoms with van der Waals surface area (Å²) >= 11 is 1.18. The summed E-state index contributed by atoms with van der Waals surface area (Å²) in [6.45, 7) is 2.01. The molecule has 2 aromatic heterocycles. The van der Waals surface area contributed by atoms with Crippen molar-refractivity contribution >= 4 is 39.2 Å². The molecule has 4 rings (SSSR count). The molecule has 0 saturated heterocycles. The molecule has 0 aliphatic carbocycles. The number of hydrogen-bond acceptors (Lipinski definition) is 7. The van der Waals surface area contributed by atoms with Crippen LogP contribution in [0.2, 0.25) is 0 Å². The van der Waals surface area contributed by atoms with Gasteiger partial charge in [0.15, 0.2) is 5.13 Å². The summed E-state index contributed by atoms with van der Waals surface area (Å²) in [7, 11) is 0. The minimum atomic E-state index is -0.602. The highest BCUT2D eigenvalue weighted by Gasteiger charge is 2.14. The first-order valence-electron chi connectivity index (χ1n) is 9.72. The van der Waals surface area contributed by atoms with E-state index >= 15 is 0 Å². The summed E-state index contributed by atoms with van der Waals surface area (Å²) in [6, 6.07) is 13.0. The van der Waals surface area contributed by atoms with Crippen molar-refractivity contribution in [2.45, 2.75) is 13.3 Å². The highest BCUT2D eigenvalue weighted by atomic mass is 32.1. The molecule has 0 bridgehead atoms. The first-order chi connectivity index (χ1) is 15.5. The molecule has 32 heavy (non-hydrogen) atoms. The predicted molar refractivity (Wildman–Crippen MR) is 121 cm³/mol. The SMILES string of the molecule is CCOC(=O)Cc1csc(NC(=O)c2ccc3c(=O)n(-c4ccccc4)c(=O)[nH]c3c2)n1. The van der Waals surface area contributed by atoms with Crippen LogP contribution < -0.4 is 16.6 Å². The molecule has 0 unspecified atom stereocenters. The lowest BCUT2D eigenvalue weighted by Gasteiger charge is -2.07. The second kappa shape index (κ2) is 8.98. The topological polar surface area (TPSA) is 123 Å². The van der Waals surface area contributed by atoms with Crippen molar-refractivity contribution in [2.24, 2.45) is 0 Å². The number of benzene rings is 2. The number of amides is 1. The fourth-order valence-electron chi connectivity index (χ4n) is 3.15. The van der Waals surface area contributed by atoms with E-state index in [0.717, 1.165) is 4.57 Å². The quantitative estimate of drug-likeness (QED) is 0.435. The molecule has 10 heteroatoms. The zero-order valence-electron chi connectivity index (χ0n) is 17.0. The van der Waals surface area contributed by atoms with E-state index in [1.165, 1.54) is 29.5 Å². The third-order valence-corrected chi connectivity index (χ3v) is 5.38. The van der Waals surface area contributed by atoms with Gasteiger partial charge in [-0.3, -0.25) is 19.7 Å². The molecular weight excluding hydrogens is 432 g/mol. The maximum absolute atomic E-state index is 12.9. The van der Waals surface area contributed by atoms with Crippen LogP contribution in [0.4, 0.5) is 5.13 Å². The summed E-state index contributed by atoms with van der Waals surface area (Å²) in [6.07, 6.45) is 0.0190. The number of nitrogens with one attached hydrogen (secondary N) is 2. The molecule has 0 radical (unpaired) electrons. The number of carbonyl (C=O) groups is 2. The van der Waals surface area contributed by atoms with Gasteiger partial charge in [0.25, 0.3) is 11.5 Å². The minimum Gasteiger partial charge on any atom is -0.466 e. The Kier molecular flexibility index (Phi) is 5.95. The van der Waals surface area contributed by atoms with E-state index in [1.54, 1.807) is 42.6 Å². The van der Waals surface area contributed by atoms with Crippen LogP contribution in [0.25, 0.3) is 16.6 Å². The number of hydrogen-bond donors (Lipinski definition) is 2. The fourth-order valence-corrected chi connectivity index (χ4v) is 3.85. The average Bonchev–Trinajstić information content (AvgIpc) is 3.20. The van der Waals surface area contributed by atoms with Crippen LogP contribution in [0, 0.1) is 0 Å². The zero-order chi connectivity index (χ0) is 22.7. The third-order valence-electron chi connectivity index (χ3n) is 4.58. The van der Waals surface area contributed by atoms with E-state index in [-0.39, 0.29) is 29.5 Å². The summed E-state index contributed by atoms with van der Waals surface area (Å²) in [5.41, 5.74) is 0.354. The van der Waals surface area contributed by atoms with Gasteiger partial charge in [-0.15, -0.1) is 11.3 Å². The van der Waals surface area contributed by atoms with Crippen molar-refractivity contribution in [2.75, 3.05) is 11.9 Å². The van der Waals surface area contributed by atoms with Crippen LogP contribution in [0.5, 0.6) is 0 Å². The molecule has 9 nitrogen and oxygen atoms in total. The van der Waals surface area contributed by atoms with Crippen LogP contribution in [0.15, 0.2) is 63.5 Å². The molecule has 4 aromatic rings. The van der Waals surface area contributed by atoms with E-state index in [9.17, 15) is 19.2 Å². The number of thiazole rings is 1. The van der Waals surface area contributed by atoms with Crippen molar-refractivity contribution in [3.05, 3.63) is 86.0 Å². The number of carbonyl (C=O) groups excluding carboxylic acids is 2. The van der Waals surface area contributed by atoms with E-state index in [2.05, 4.69) is 15.3 Å². The van der Waals surface area contributed by atoms with Gasteiger partial charge in [-0.05, 0) is 37.3 Å². The summed E-state index contributed by atoms with van der Waals surface area (Å²) in [5, 5.41) is 4.91. The standard InChI is InChI=1S/C22H18N4O5S/c1-2-31-18(27)11-14-12-32-21(23-14)25-19(28)13-8-9-16-17(10-13)24-22(30)26(20(16)29)15-6-4-3-5-7-15/h3-10,12H,2,11H2,1H3,(H,24,30)(H,23,25,28). The van der Waals surface area contributed by atoms with Gasteiger partial charge in [-0.2, -0.15) is 0 Å². The molecule has 2 heterocycles. The van der Waals surface area contributed by atoms with Crippen molar-refractivity contribution in [1.29, 1.82) is 0 Å². The number of esters is 1. The van der Waals surface area contributed by atoms with Gasteiger partial charge in [0.05, 0.1) is 35.3 Å². The first kappa shape index (κ1) is 21.2. The van der Waals surface area contributed by atoms with Crippen molar-refractivity contribution < 1.29 is 14.3 Å². The second-order valence-electron chi connectivity index (χ2n) is 6.75. The Hall–Kier alpha value is -4.05. The minimum absolute atomic E-state index is 0.0190. The van der Waals surface area contributed by atoms with Gasteiger partial charge in [0, 0.05) is 10.9 Å². The molecule has 2 aromatic carbocycles. The van der Waals surface area contributed by atoms with Gasteiger partial charge in [-0.1, -0.05) is 18.2 Å². The molecule has 0 aliphatic rings. The van der Waals surface area contributed by atoms with Gasteiger partial charge >= 0.3 is 11.7 Å². The Labute approximate surface area is 185 Å². The molecule has 0 saturated carbocycles. The van der Waals surface area contributed by atoms with Crippen LogP contribution in [0.1, 0.15) is 23.0 Å². The highest BCUT2D eigenvalue weighted by Crippen LogP contribution is 2.18. The van der Waals surface area contributed by atoms with E-state index < -0.39 is 23.1 Å². The normalized spacial score (nSPS) is 10.8. The number of aromatic nitrogens is 3. The highest BCUT2D eigenvalue weighted by molar-refractivity contribution is 7.14. The molecule has 162 valence electrons. The molecule has 1 amide bonds. The lowest BCUT2D eigenvalue weighted by Crippen LogP contribution is -2.33.